The van der Waals surface area contributed by atoms with Crippen molar-refractivity contribution >= 4 is 11.6 Å². The van der Waals surface area contributed by atoms with Crippen molar-refractivity contribution in [1.82, 2.24) is 4.90 Å². The molecule has 1 aliphatic heterocycles. The molecular weight excluding hydrogens is 312 g/mol. The molecule has 4 nitrogen and oxygen atoms in total. The molecule has 2 aromatic rings. The van der Waals surface area contributed by atoms with E-state index in [1.807, 2.05) is 62.1 Å². The summed E-state index contributed by atoms with van der Waals surface area (Å²) in [6.07, 6.45) is 0.907. The van der Waals surface area contributed by atoms with Crippen LogP contribution in [0.2, 0.25) is 0 Å². The van der Waals surface area contributed by atoms with Gasteiger partial charge in [-0.25, -0.2) is 0 Å². The SMILES string of the molecule is CCN1C(=O)c2ccccc2NC1(CC)c1ccc(OC(C)C)cc1. The molecule has 0 spiro atoms. The number of hydrogen-bond donors (Lipinski definition) is 1. The summed E-state index contributed by atoms with van der Waals surface area (Å²) in [4.78, 5) is 15.0. The van der Waals surface area contributed by atoms with E-state index in [-0.39, 0.29) is 12.0 Å². The molecule has 1 N–H and O–H groups in total. The molecule has 0 radical (unpaired) electrons. The molecular formula is C21H26N2O2. The first-order chi connectivity index (χ1) is 12.0. The molecule has 1 aliphatic rings. The number of nitrogens with zero attached hydrogens (tertiary/aromatic N) is 1. The normalized spacial score (nSPS) is 19.6. The average Bonchev–Trinajstić information content (AvgIpc) is 2.61. The van der Waals surface area contributed by atoms with E-state index in [9.17, 15) is 4.79 Å². The van der Waals surface area contributed by atoms with Crippen LogP contribution in [0.4, 0.5) is 5.69 Å². The molecule has 0 aliphatic carbocycles. The Balaban J connectivity index is 2.05. The minimum atomic E-state index is -0.545. The Bertz CT molecular complexity index is 755. The van der Waals surface area contributed by atoms with E-state index in [4.69, 9.17) is 4.74 Å². The number of ether oxygens (including phenoxy) is 1. The number of rotatable bonds is 5. The molecule has 1 unspecified atom stereocenters. The van der Waals surface area contributed by atoms with Crippen LogP contribution >= 0.6 is 0 Å². The Labute approximate surface area is 149 Å². The van der Waals surface area contributed by atoms with Crippen molar-refractivity contribution in [1.29, 1.82) is 0 Å². The van der Waals surface area contributed by atoms with Gasteiger partial charge in [-0.15, -0.1) is 0 Å². The van der Waals surface area contributed by atoms with Crippen LogP contribution in [0, 0.1) is 0 Å². The minimum absolute atomic E-state index is 0.0706. The number of nitrogens with one attached hydrogen (secondary N) is 1. The average molecular weight is 338 g/mol. The van der Waals surface area contributed by atoms with Crippen LogP contribution in [0.3, 0.4) is 0 Å². The molecule has 0 saturated carbocycles. The molecule has 132 valence electrons. The number of para-hydroxylation sites is 1. The van der Waals surface area contributed by atoms with Crippen LogP contribution in [0.5, 0.6) is 5.75 Å². The molecule has 2 aromatic carbocycles. The van der Waals surface area contributed by atoms with E-state index < -0.39 is 5.66 Å². The van der Waals surface area contributed by atoms with Crippen molar-refractivity contribution in [2.24, 2.45) is 0 Å². The number of benzene rings is 2. The van der Waals surface area contributed by atoms with Crippen LogP contribution in [-0.2, 0) is 5.66 Å². The second-order valence-corrected chi connectivity index (χ2v) is 6.62. The van der Waals surface area contributed by atoms with E-state index in [0.717, 1.165) is 29.0 Å². The van der Waals surface area contributed by atoms with Gasteiger partial charge in [-0.1, -0.05) is 31.2 Å². The molecule has 0 bridgehead atoms. The van der Waals surface area contributed by atoms with E-state index in [1.54, 1.807) is 0 Å². The van der Waals surface area contributed by atoms with Gasteiger partial charge in [-0.05, 0) is 57.0 Å². The molecule has 0 fully saturated rings. The number of anilines is 1. The Morgan fingerprint density at radius 2 is 1.76 bits per heavy atom. The minimum Gasteiger partial charge on any atom is -0.491 e. The number of carbonyl (C=O) groups is 1. The summed E-state index contributed by atoms with van der Waals surface area (Å²) < 4.78 is 5.75. The highest BCUT2D eigenvalue weighted by atomic mass is 16.5. The first-order valence-corrected chi connectivity index (χ1v) is 8.98. The van der Waals surface area contributed by atoms with E-state index in [0.29, 0.717) is 6.54 Å². The molecule has 0 saturated heterocycles. The summed E-state index contributed by atoms with van der Waals surface area (Å²) in [7, 11) is 0. The maximum atomic E-state index is 13.1. The summed E-state index contributed by atoms with van der Waals surface area (Å²) in [5.74, 6) is 0.914. The molecule has 1 atom stereocenters. The zero-order valence-electron chi connectivity index (χ0n) is 15.4. The Kier molecular flexibility index (Phi) is 4.71. The van der Waals surface area contributed by atoms with E-state index in [1.165, 1.54) is 0 Å². The predicted molar refractivity (Wildman–Crippen MR) is 101 cm³/mol. The van der Waals surface area contributed by atoms with E-state index >= 15 is 0 Å². The molecule has 1 amide bonds. The zero-order valence-corrected chi connectivity index (χ0v) is 15.4. The molecule has 0 aromatic heterocycles. The van der Waals surface area contributed by atoms with Gasteiger partial charge < -0.3 is 15.0 Å². The van der Waals surface area contributed by atoms with Crippen LogP contribution in [0.25, 0.3) is 0 Å². The van der Waals surface area contributed by atoms with Crippen molar-refractivity contribution in [3.05, 3.63) is 59.7 Å². The van der Waals surface area contributed by atoms with Gasteiger partial charge >= 0.3 is 0 Å². The van der Waals surface area contributed by atoms with Gasteiger partial charge in [-0.2, -0.15) is 0 Å². The lowest BCUT2D eigenvalue weighted by molar-refractivity contribution is 0.0503. The van der Waals surface area contributed by atoms with Gasteiger partial charge in [0, 0.05) is 12.2 Å². The largest absolute Gasteiger partial charge is 0.491 e. The van der Waals surface area contributed by atoms with Crippen LogP contribution in [0.15, 0.2) is 48.5 Å². The summed E-state index contributed by atoms with van der Waals surface area (Å²) in [6.45, 7) is 8.79. The quantitative estimate of drug-likeness (QED) is 0.864. The smallest absolute Gasteiger partial charge is 0.258 e. The maximum absolute atomic E-state index is 13.1. The van der Waals surface area contributed by atoms with Crippen molar-refractivity contribution in [2.75, 3.05) is 11.9 Å². The zero-order chi connectivity index (χ0) is 18.0. The van der Waals surface area contributed by atoms with Crippen molar-refractivity contribution in [2.45, 2.75) is 45.9 Å². The Hall–Kier alpha value is -2.49. The number of fused-ring (bicyclic) bond motifs is 1. The summed E-state index contributed by atoms with van der Waals surface area (Å²) in [6, 6.07) is 15.8. The standard InChI is InChI=1S/C21H26N2O2/c1-5-21(16-11-13-17(14-12-16)25-15(3)4)22-19-10-8-7-9-18(19)20(24)23(21)6-2/h7-15,22H,5-6H2,1-4H3. The van der Waals surface area contributed by atoms with Gasteiger partial charge in [0.25, 0.3) is 5.91 Å². The maximum Gasteiger partial charge on any atom is 0.258 e. The fourth-order valence-electron chi connectivity index (χ4n) is 3.59. The predicted octanol–water partition coefficient (Wildman–Crippen LogP) is 4.62. The third-order valence-electron chi connectivity index (χ3n) is 4.74. The Morgan fingerprint density at radius 1 is 1.08 bits per heavy atom. The number of hydrogen-bond acceptors (Lipinski definition) is 3. The monoisotopic (exact) mass is 338 g/mol. The van der Waals surface area contributed by atoms with Crippen LogP contribution < -0.4 is 10.1 Å². The fourth-order valence-corrected chi connectivity index (χ4v) is 3.59. The van der Waals surface area contributed by atoms with Crippen molar-refractivity contribution in [3.8, 4) is 5.75 Å². The van der Waals surface area contributed by atoms with E-state index in [2.05, 4.69) is 24.4 Å². The lowest BCUT2D eigenvalue weighted by Gasteiger charge is -2.48. The molecule has 1 heterocycles. The lowest BCUT2D eigenvalue weighted by Crippen LogP contribution is -2.57. The third kappa shape index (κ3) is 2.97. The third-order valence-corrected chi connectivity index (χ3v) is 4.74. The van der Waals surface area contributed by atoms with Gasteiger partial charge in [-0.3, -0.25) is 4.79 Å². The van der Waals surface area contributed by atoms with Crippen molar-refractivity contribution in [3.63, 3.8) is 0 Å². The number of amides is 1. The summed E-state index contributed by atoms with van der Waals surface area (Å²) >= 11 is 0. The fraction of sp³-hybridized carbons (Fsp3) is 0.381. The molecule has 3 rings (SSSR count). The van der Waals surface area contributed by atoms with Crippen LogP contribution in [0.1, 0.15) is 50.0 Å². The lowest BCUT2D eigenvalue weighted by atomic mass is 9.89. The molecule has 4 heteroatoms. The second kappa shape index (κ2) is 6.79. The van der Waals surface area contributed by atoms with Gasteiger partial charge in [0.2, 0.25) is 0 Å². The second-order valence-electron chi connectivity index (χ2n) is 6.62. The number of carbonyl (C=O) groups excluding carboxylic acids is 1. The molecule has 25 heavy (non-hydrogen) atoms. The Morgan fingerprint density at radius 3 is 2.36 bits per heavy atom. The van der Waals surface area contributed by atoms with Gasteiger partial charge in [0.15, 0.2) is 0 Å². The highest BCUT2D eigenvalue weighted by Crippen LogP contribution is 2.40. The summed E-state index contributed by atoms with van der Waals surface area (Å²) in [5.41, 5.74) is 2.14. The van der Waals surface area contributed by atoms with Gasteiger partial charge in [0.1, 0.15) is 11.4 Å². The first-order valence-electron chi connectivity index (χ1n) is 8.98. The summed E-state index contributed by atoms with van der Waals surface area (Å²) in [5, 5.41) is 3.63. The first kappa shape index (κ1) is 17.3. The van der Waals surface area contributed by atoms with Gasteiger partial charge in [0.05, 0.1) is 11.7 Å². The topological polar surface area (TPSA) is 41.6 Å². The van der Waals surface area contributed by atoms with Crippen LogP contribution in [-0.4, -0.2) is 23.5 Å². The highest BCUT2D eigenvalue weighted by Gasteiger charge is 2.43. The highest BCUT2D eigenvalue weighted by molar-refractivity contribution is 6.02. The van der Waals surface area contributed by atoms with Crippen molar-refractivity contribution < 1.29 is 9.53 Å².